The molecule has 0 spiro atoms. The highest BCUT2D eigenvalue weighted by Gasteiger charge is 2.19. The van der Waals surface area contributed by atoms with Crippen molar-refractivity contribution in [3.63, 3.8) is 0 Å². The predicted octanol–water partition coefficient (Wildman–Crippen LogP) is 2.51. The Morgan fingerprint density at radius 3 is 2.46 bits per heavy atom. The molecule has 3 N–H and O–H groups in total. The summed E-state index contributed by atoms with van der Waals surface area (Å²) in [5.41, 5.74) is 1.66. The van der Waals surface area contributed by atoms with Crippen molar-refractivity contribution < 1.29 is 14.0 Å². The number of carbonyl (C=O) groups excluding carboxylic acids is 2. The van der Waals surface area contributed by atoms with Crippen LogP contribution in [0.15, 0.2) is 48.8 Å². The number of halogens is 1. The molecule has 26 heavy (non-hydrogen) atoms. The Morgan fingerprint density at radius 2 is 1.81 bits per heavy atom. The van der Waals surface area contributed by atoms with E-state index in [4.69, 9.17) is 0 Å². The minimum atomic E-state index is -0.620. The SMILES string of the molecule is CCC[C@@H](NC(=O)NCc1ccc(F)cc1)C(=O)NCc1cccnc1. The summed E-state index contributed by atoms with van der Waals surface area (Å²) in [6.45, 7) is 2.55. The largest absolute Gasteiger partial charge is 0.350 e. The first-order valence-corrected chi connectivity index (χ1v) is 8.54. The molecule has 1 aromatic carbocycles. The molecule has 0 saturated heterocycles. The van der Waals surface area contributed by atoms with Gasteiger partial charge in [0, 0.05) is 25.5 Å². The first kappa shape index (κ1) is 19.4. The number of benzene rings is 1. The summed E-state index contributed by atoms with van der Waals surface area (Å²) in [4.78, 5) is 28.4. The normalized spacial score (nSPS) is 11.5. The summed E-state index contributed by atoms with van der Waals surface area (Å²) >= 11 is 0. The fourth-order valence-electron chi connectivity index (χ4n) is 2.37. The first-order valence-electron chi connectivity index (χ1n) is 8.54. The number of pyridine rings is 1. The molecule has 2 rings (SSSR count). The van der Waals surface area contributed by atoms with Crippen LogP contribution in [0, 0.1) is 5.82 Å². The lowest BCUT2D eigenvalue weighted by atomic mass is 10.1. The maximum atomic E-state index is 12.9. The topological polar surface area (TPSA) is 83.1 Å². The highest BCUT2D eigenvalue weighted by Crippen LogP contribution is 2.03. The number of urea groups is 1. The van der Waals surface area contributed by atoms with E-state index in [-0.39, 0.29) is 18.3 Å². The molecule has 0 aliphatic heterocycles. The molecule has 0 aliphatic carbocycles. The summed E-state index contributed by atoms with van der Waals surface area (Å²) < 4.78 is 12.9. The quantitative estimate of drug-likeness (QED) is 0.678. The molecule has 0 saturated carbocycles. The highest BCUT2D eigenvalue weighted by molar-refractivity contribution is 5.86. The zero-order valence-electron chi connectivity index (χ0n) is 14.7. The zero-order valence-corrected chi connectivity index (χ0v) is 14.7. The molecule has 0 fully saturated rings. The van der Waals surface area contributed by atoms with Gasteiger partial charge in [0.05, 0.1) is 0 Å². The third-order valence-corrected chi connectivity index (χ3v) is 3.76. The molecule has 138 valence electrons. The first-order chi connectivity index (χ1) is 12.6. The van der Waals surface area contributed by atoms with Crippen LogP contribution in [0.3, 0.4) is 0 Å². The minimum Gasteiger partial charge on any atom is -0.350 e. The molecule has 7 heteroatoms. The van der Waals surface area contributed by atoms with Gasteiger partial charge in [-0.2, -0.15) is 0 Å². The van der Waals surface area contributed by atoms with E-state index in [1.54, 1.807) is 30.6 Å². The van der Waals surface area contributed by atoms with Gasteiger partial charge >= 0.3 is 6.03 Å². The fraction of sp³-hybridized carbons (Fsp3) is 0.316. The van der Waals surface area contributed by atoms with E-state index in [2.05, 4.69) is 20.9 Å². The fourth-order valence-corrected chi connectivity index (χ4v) is 2.37. The van der Waals surface area contributed by atoms with Crippen LogP contribution in [0.4, 0.5) is 9.18 Å². The number of hydrogen-bond acceptors (Lipinski definition) is 3. The third kappa shape index (κ3) is 6.51. The van der Waals surface area contributed by atoms with E-state index in [1.165, 1.54) is 12.1 Å². The van der Waals surface area contributed by atoms with Gasteiger partial charge in [-0.3, -0.25) is 9.78 Å². The molecule has 1 heterocycles. The van der Waals surface area contributed by atoms with Crippen LogP contribution >= 0.6 is 0 Å². The van der Waals surface area contributed by atoms with Crippen molar-refractivity contribution in [3.05, 3.63) is 65.7 Å². The number of carbonyl (C=O) groups is 2. The van der Waals surface area contributed by atoms with Crippen LogP contribution in [-0.2, 0) is 17.9 Å². The van der Waals surface area contributed by atoms with Crippen LogP contribution in [0.1, 0.15) is 30.9 Å². The van der Waals surface area contributed by atoms with Gasteiger partial charge < -0.3 is 16.0 Å². The number of rotatable bonds is 8. The lowest BCUT2D eigenvalue weighted by molar-refractivity contribution is -0.123. The Balaban J connectivity index is 1.82. The highest BCUT2D eigenvalue weighted by atomic mass is 19.1. The van der Waals surface area contributed by atoms with Crippen molar-refractivity contribution in [2.45, 2.75) is 38.9 Å². The predicted molar refractivity (Wildman–Crippen MR) is 96.6 cm³/mol. The second kappa shape index (κ2) is 10.1. The van der Waals surface area contributed by atoms with Gasteiger partial charge in [-0.25, -0.2) is 9.18 Å². The molecule has 2 aromatic rings. The van der Waals surface area contributed by atoms with Crippen molar-refractivity contribution in [2.24, 2.45) is 0 Å². The molecule has 0 bridgehead atoms. The molecule has 1 atom stereocenters. The molecule has 1 aromatic heterocycles. The lowest BCUT2D eigenvalue weighted by Gasteiger charge is -2.18. The number of hydrogen-bond donors (Lipinski definition) is 3. The van der Waals surface area contributed by atoms with Gasteiger partial charge in [-0.05, 0) is 35.7 Å². The van der Waals surface area contributed by atoms with Crippen LogP contribution < -0.4 is 16.0 Å². The van der Waals surface area contributed by atoms with E-state index in [1.807, 2.05) is 13.0 Å². The van der Waals surface area contributed by atoms with Crippen LogP contribution in [0.2, 0.25) is 0 Å². The Morgan fingerprint density at radius 1 is 1.08 bits per heavy atom. The van der Waals surface area contributed by atoms with Gasteiger partial charge in [-0.1, -0.05) is 31.5 Å². The van der Waals surface area contributed by atoms with Crippen molar-refractivity contribution in [2.75, 3.05) is 0 Å². The molecular weight excluding hydrogens is 335 g/mol. The average Bonchev–Trinajstić information content (AvgIpc) is 2.66. The van der Waals surface area contributed by atoms with Gasteiger partial charge in [0.25, 0.3) is 0 Å². The zero-order chi connectivity index (χ0) is 18.8. The third-order valence-electron chi connectivity index (χ3n) is 3.76. The Kier molecular flexibility index (Phi) is 7.54. The Bertz CT molecular complexity index is 707. The van der Waals surface area contributed by atoms with Crippen LogP contribution in [0.5, 0.6) is 0 Å². The summed E-state index contributed by atoms with van der Waals surface area (Å²) in [6, 6.07) is 8.46. The van der Waals surface area contributed by atoms with Gasteiger partial charge in [-0.15, -0.1) is 0 Å². The maximum absolute atomic E-state index is 12.9. The van der Waals surface area contributed by atoms with E-state index in [9.17, 15) is 14.0 Å². The van der Waals surface area contributed by atoms with E-state index < -0.39 is 12.1 Å². The lowest BCUT2D eigenvalue weighted by Crippen LogP contribution is -2.49. The smallest absolute Gasteiger partial charge is 0.315 e. The van der Waals surface area contributed by atoms with Gasteiger partial charge in [0.15, 0.2) is 0 Å². The molecule has 0 radical (unpaired) electrons. The molecule has 6 nitrogen and oxygen atoms in total. The summed E-state index contributed by atoms with van der Waals surface area (Å²) in [6.07, 6.45) is 4.63. The average molecular weight is 358 g/mol. The van der Waals surface area contributed by atoms with Crippen molar-refractivity contribution in [1.82, 2.24) is 20.9 Å². The number of aromatic nitrogens is 1. The molecule has 0 aliphatic rings. The Labute approximate surface area is 152 Å². The number of nitrogens with one attached hydrogen (secondary N) is 3. The van der Waals surface area contributed by atoms with Gasteiger partial charge in [0.1, 0.15) is 11.9 Å². The van der Waals surface area contributed by atoms with Crippen molar-refractivity contribution in [1.29, 1.82) is 0 Å². The Hall–Kier alpha value is -2.96. The number of nitrogens with zero attached hydrogens (tertiary/aromatic N) is 1. The summed E-state index contributed by atoms with van der Waals surface area (Å²) in [5, 5.41) is 8.16. The van der Waals surface area contributed by atoms with E-state index in [0.29, 0.717) is 13.0 Å². The summed E-state index contributed by atoms with van der Waals surface area (Å²) in [7, 11) is 0. The standard InChI is InChI=1S/C19H23FN4O2/c1-2-4-17(18(25)22-13-15-5-3-10-21-11-15)24-19(26)23-12-14-6-8-16(20)9-7-14/h3,5-11,17H,2,4,12-13H2,1H3,(H,22,25)(H2,23,24,26)/t17-/m1/s1. The second-order valence-electron chi connectivity index (χ2n) is 5.87. The molecule has 0 unspecified atom stereocenters. The van der Waals surface area contributed by atoms with Crippen molar-refractivity contribution >= 4 is 11.9 Å². The molecule has 3 amide bonds. The summed E-state index contributed by atoms with van der Waals surface area (Å²) in [5.74, 6) is -0.570. The second-order valence-corrected chi connectivity index (χ2v) is 5.87. The van der Waals surface area contributed by atoms with Gasteiger partial charge in [0.2, 0.25) is 5.91 Å². The monoisotopic (exact) mass is 358 g/mol. The van der Waals surface area contributed by atoms with E-state index in [0.717, 1.165) is 17.5 Å². The van der Waals surface area contributed by atoms with E-state index >= 15 is 0 Å². The minimum absolute atomic E-state index is 0.243. The van der Waals surface area contributed by atoms with Crippen molar-refractivity contribution in [3.8, 4) is 0 Å². The maximum Gasteiger partial charge on any atom is 0.315 e. The van der Waals surface area contributed by atoms with Crippen LogP contribution in [0.25, 0.3) is 0 Å². The van der Waals surface area contributed by atoms with Crippen LogP contribution in [-0.4, -0.2) is 23.0 Å². The number of amides is 3. The molecular formula is C19H23FN4O2.